The van der Waals surface area contributed by atoms with Gasteiger partial charge in [0, 0.05) is 11.1 Å². The van der Waals surface area contributed by atoms with Crippen LogP contribution >= 0.6 is 23.1 Å². The lowest BCUT2D eigenvalue weighted by molar-refractivity contribution is -0.140. The summed E-state index contributed by atoms with van der Waals surface area (Å²) < 4.78 is 0. The molecule has 16 heavy (non-hydrogen) atoms. The third kappa shape index (κ3) is 4.63. The number of nitrogens with zero attached hydrogens (tertiary/aromatic N) is 1. The molecular formula is C9H12N2O3S2. The van der Waals surface area contributed by atoms with Crippen LogP contribution in [0.1, 0.15) is 12.1 Å². The third-order valence-corrected chi connectivity index (χ3v) is 3.51. The Bertz CT molecular complexity index is 330. The van der Waals surface area contributed by atoms with Crippen LogP contribution in [0.4, 0.5) is 0 Å². The van der Waals surface area contributed by atoms with Gasteiger partial charge in [0.15, 0.2) is 0 Å². The molecule has 0 radical (unpaired) electrons. The van der Waals surface area contributed by atoms with Gasteiger partial charge in [0.05, 0.1) is 11.2 Å². The SMILES string of the molecule is O=CNC(CCSCc1cscn1)C(=O)O. The maximum Gasteiger partial charge on any atom is 0.326 e. The molecule has 2 N–H and O–H groups in total. The van der Waals surface area contributed by atoms with Crippen molar-refractivity contribution in [1.29, 1.82) is 0 Å². The Morgan fingerprint density at radius 2 is 2.56 bits per heavy atom. The lowest BCUT2D eigenvalue weighted by atomic mass is 10.2. The number of rotatable bonds is 8. The number of aromatic nitrogens is 1. The van der Waals surface area contributed by atoms with E-state index in [0.29, 0.717) is 18.6 Å². The molecule has 0 bridgehead atoms. The number of hydrogen-bond donors (Lipinski definition) is 2. The Morgan fingerprint density at radius 3 is 3.12 bits per heavy atom. The number of carboxylic acid groups (broad SMARTS) is 1. The summed E-state index contributed by atoms with van der Waals surface area (Å²) in [6, 6.07) is -0.791. The van der Waals surface area contributed by atoms with Gasteiger partial charge in [-0.2, -0.15) is 11.8 Å². The van der Waals surface area contributed by atoms with Crippen LogP contribution < -0.4 is 5.32 Å². The molecule has 0 aliphatic heterocycles. The molecule has 0 saturated heterocycles. The largest absolute Gasteiger partial charge is 0.480 e. The van der Waals surface area contributed by atoms with E-state index in [0.717, 1.165) is 11.4 Å². The first-order valence-corrected chi connectivity index (χ1v) is 6.71. The van der Waals surface area contributed by atoms with Crippen molar-refractivity contribution in [2.75, 3.05) is 5.75 Å². The number of carbonyl (C=O) groups excluding carboxylic acids is 1. The first-order chi connectivity index (χ1) is 7.74. The number of amides is 1. The minimum absolute atomic E-state index is 0.420. The van der Waals surface area contributed by atoms with Crippen LogP contribution in [0.3, 0.4) is 0 Å². The van der Waals surface area contributed by atoms with Gasteiger partial charge >= 0.3 is 5.97 Å². The van der Waals surface area contributed by atoms with Crippen LogP contribution in [0.5, 0.6) is 0 Å². The topological polar surface area (TPSA) is 79.3 Å². The predicted molar refractivity (Wildman–Crippen MR) is 63.5 cm³/mol. The van der Waals surface area contributed by atoms with Crippen molar-refractivity contribution in [3.63, 3.8) is 0 Å². The van der Waals surface area contributed by atoms with E-state index in [2.05, 4.69) is 10.3 Å². The Morgan fingerprint density at radius 1 is 1.75 bits per heavy atom. The van der Waals surface area contributed by atoms with Crippen LogP contribution in [0.25, 0.3) is 0 Å². The monoisotopic (exact) mass is 260 g/mol. The fraction of sp³-hybridized carbons (Fsp3) is 0.444. The molecule has 7 heteroatoms. The van der Waals surface area contributed by atoms with Gasteiger partial charge in [-0.05, 0) is 12.2 Å². The van der Waals surface area contributed by atoms with Crippen LogP contribution in [-0.2, 0) is 15.3 Å². The molecule has 1 amide bonds. The van der Waals surface area contributed by atoms with Crippen molar-refractivity contribution in [3.8, 4) is 0 Å². The molecule has 5 nitrogen and oxygen atoms in total. The average molecular weight is 260 g/mol. The summed E-state index contributed by atoms with van der Waals surface area (Å²) in [4.78, 5) is 24.9. The molecule has 1 rings (SSSR count). The molecule has 1 aromatic heterocycles. The second-order valence-electron chi connectivity index (χ2n) is 3.00. The molecule has 0 aliphatic rings. The van der Waals surface area contributed by atoms with E-state index >= 15 is 0 Å². The zero-order valence-electron chi connectivity index (χ0n) is 8.46. The normalized spacial score (nSPS) is 12.0. The molecule has 88 valence electrons. The van der Waals surface area contributed by atoms with E-state index in [9.17, 15) is 9.59 Å². The lowest BCUT2D eigenvalue weighted by Gasteiger charge is -2.09. The maximum absolute atomic E-state index is 10.7. The van der Waals surface area contributed by atoms with Crippen molar-refractivity contribution in [2.45, 2.75) is 18.2 Å². The highest BCUT2D eigenvalue weighted by Gasteiger charge is 2.15. The highest BCUT2D eigenvalue weighted by Crippen LogP contribution is 2.13. The lowest BCUT2D eigenvalue weighted by Crippen LogP contribution is -2.36. The Hall–Kier alpha value is -1.08. The minimum Gasteiger partial charge on any atom is -0.480 e. The van der Waals surface area contributed by atoms with Gasteiger partial charge in [0.25, 0.3) is 0 Å². The van der Waals surface area contributed by atoms with Gasteiger partial charge in [-0.1, -0.05) is 0 Å². The van der Waals surface area contributed by atoms with Crippen LogP contribution in [0.15, 0.2) is 10.9 Å². The highest BCUT2D eigenvalue weighted by atomic mass is 32.2. The van der Waals surface area contributed by atoms with E-state index in [1.54, 1.807) is 17.3 Å². The quantitative estimate of drug-likeness (QED) is 0.538. The van der Waals surface area contributed by atoms with Gasteiger partial charge in [-0.15, -0.1) is 11.3 Å². The second-order valence-corrected chi connectivity index (χ2v) is 4.82. The maximum atomic E-state index is 10.7. The summed E-state index contributed by atoms with van der Waals surface area (Å²) in [5.74, 6) is 0.452. The van der Waals surface area contributed by atoms with Crippen molar-refractivity contribution in [3.05, 3.63) is 16.6 Å². The number of carboxylic acids is 1. The minimum atomic E-state index is -0.999. The van der Waals surface area contributed by atoms with E-state index in [1.165, 1.54) is 11.3 Å². The van der Waals surface area contributed by atoms with Gasteiger partial charge in [-0.3, -0.25) is 4.79 Å². The highest BCUT2D eigenvalue weighted by molar-refractivity contribution is 7.98. The van der Waals surface area contributed by atoms with Gasteiger partial charge in [0.1, 0.15) is 6.04 Å². The Balaban J connectivity index is 2.18. The molecule has 1 atom stereocenters. The van der Waals surface area contributed by atoms with Crippen LogP contribution in [-0.4, -0.2) is 34.3 Å². The summed E-state index contributed by atoms with van der Waals surface area (Å²) in [5, 5.41) is 13.0. The molecular weight excluding hydrogens is 248 g/mol. The van der Waals surface area contributed by atoms with Crippen molar-refractivity contribution >= 4 is 35.5 Å². The number of hydrogen-bond acceptors (Lipinski definition) is 5. The second kappa shape index (κ2) is 7.24. The van der Waals surface area contributed by atoms with Crippen molar-refractivity contribution < 1.29 is 14.7 Å². The summed E-state index contributed by atoms with van der Waals surface area (Å²) in [6.45, 7) is 0. The summed E-state index contributed by atoms with van der Waals surface area (Å²) in [5.41, 5.74) is 2.77. The molecule has 0 spiro atoms. The number of nitrogens with one attached hydrogen (secondary N) is 1. The molecule has 0 aliphatic carbocycles. The first kappa shape index (κ1) is 13.0. The van der Waals surface area contributed by atoms with E-state index < -0.39 is 12.0 Å². The van der Waals surface area contributed by atoms with E-state index in [1.807, 2.05) is 5.38 Å². The van der Waals surface area contributed by atoms with Gasteiger partial charge < -0.3 is 10.4 Å². The van der Waals surface area contributed by atoms with Crippen molar-refractivity contribution in [1.82, 2.24) is 10.3 Å². The fourth-order valence-electron chi connectivity index (χ4n) is 1.05. The zero-order chi connectivity index (χ0) is 11.8. The fourth-order valence-corrected chi connectivity index (χ4v) is 2.62. The predicted octanol–water partition coefficient (Wildman–Crippen LogP) is 0.966. The third-order valence-electron chi connectivity index (χ3n) is 1.85. The van der Waals surface area contributed by atoms with Crippen LogP contribution in [0, 0.1) is 0 Å². The number of aliphatic carboxylic acids is 1. The van der Waals surface area contributed by atoms with Gasteiger partial charge in [-0.25, -0.2) is 9.78 Å². The molecule has 1 aromatic rings. The van der Waals surface area contributed by atoms with E-state index in [-0.39, 0.29) is 0 Å². The Labute approximate surface area is 101 Å². The smallest absolute Gasteiger partial charge is 0.326 e. The van der Waals surface area contributed by atoms with Gasteiger partial charge in [0.2, 0.25) is 6.41 Å². The average Bonchev–Trinajstić information content (AvgIpc) is 2.75. The molecule has 0 saturated carbocycles. The molecule has 1 unspecified atom stereocenters. The summed E-state index contributed by atoms with van der Waals surface area (Å²) in [6.07, 6.45) is 0.840. The number of thioether (sulfide) groups is 1. The van der Waals surface area contributed by atoms with E-state index in [4.69, 9.17) is 5.11 Å². The van der Waals surface area contributed by atoms with Crippen molar-refractivity contribution in [2.24, 2.45) is 0 Å². The molecule has 1 heterocycles. The standard InChI is InChI=1S/C9H12N2O3S2/c12-5-10-8(9(13)14)1-2-15-3-7-4-16-6-11-7/h4-6,8H,1-3H2,(H,10,12)(H,13,14). The Kier molecular flexibility index (Phi) is 5.87. The summed E-state index contributed by atoms with van der Waals surface area (Å²) >= 11 is 3.15. The number of thiazole rings is 1. The molecule has 0 fully saturated rings. The molecule has 0 aromatic carbocycles. The zero-order valence-corrected chi connectivity index (χ0v) is 10.1. The first-order valence-electron chi connectivity index (χ1n) is 4.61. The number of carbonyl (C=O) groups is 2. The van der Waals surface area contributed by atoms with Crippen LogP contribution in [0.2, 0.25) is 0 Å². The summed E-state index contributed by atoms with van der Waals surface area (Å²) in [7, 11) is 0.